The summed E-state index contributed by atoms with van der Waals surface area (Å²) in [5, 5.41) is 3.58. The van der Waals surface area contributed by atoms with Gasteiger partial charge in [0.25, 0.3) is 0 Å². The van der Waals surface area contributed by atoms with Crippen LogP contribution in [0.15, 0.2) is 18.3 Å². The van der Waals surface area contributed by atoms with Crippen LogP contribution in [-0.4, -0.2) is 35.9 Å². The van der Waals surface area contributed by atoms with Crippen LogP contribution in [0.5, 0.6) is 0 Å². The molecule has 2 atom stereocenters. The van der Waals surface area contributed by atoms with Crippen molar-refractivity contribution in [2.45, 2.75) is 59.0 Å². The molecule has 1 N–H and O–H groups in total. The largest absolute Gasteiger partial charge is 0.368 e. The number of allylic oxidation sites excluding steroid dienone is 1. The van der Waals surface area contributed by atoms with Crippen molar-refractivity contribution < 1.29 is 4.79 Å². The maximum absolute atomic E-state index is 11.1. The SMILES string of the molecule is CCCc1c(N2C[C@@H](C)N[C@@H](C)C2)ccnc1/C=C/CC(C)=O. The average molecular weight is 315 g/mol. The van der Waals surface area contributed by atoms with Crippen LogP contribution < -0.4 is 10.2 Å². The molecule has 1 aromatic heterocycles. The lowest BCUT2D eigenvalue weighted by Gasteiger charge is -2.38. The number of carbonyl (C=O) groups excluding carboxylic acids is 1. The predicted molar refractivity (Wildman–Crippen MR) is 96.8 cm³/mol. The third-order valence-electron chi connectivity index (χ3n) is 4.14. The van der Waals surface area contributed by atoms with Gasteiger partial charge in [-0.1, -0.05) is 19.4 Å². The highest BCUT2D eigenvalue weighted by molar-refractivity contribution is 5.78. The molecule has 0 bridgehead atoms. The van der Waals surface area contributed by atoms with Crippen LogP contribution in [0.4, 0.5) is 5.69 Å². The summed E-state index contributed by atoms with van der Waals surface area (Å²) >= 11 is 0. The Morgan fingerprint density at radius 1 is 1.39 bits per heavy atom. The number of hydrogen-bond donors (Lipinski definition) is 1. The predicted octanol–water partition coefficient (Wildman–Crippen LogP) is 3.21. The van der Waals surface area contributed by atoms with Gasteiger partial charge in [0.05, 0.1) is 5.69 Å². The molecule has 1 saturated heterocycles. The standard InChI is InChI=1S/C19H29N3O/c1-5-7-17-18(9-6-8-16(4)23)20-11-10-19(17)22-12-14(2)21-15(3)13-22/h6,9-11,14-15,21H,5,7-8,12-13H2,1-4H3/b9-6+/t14-,15+. The number of carbonyl (C=O) groups is 1. The van der Waals surface area contributed by atoms with E-state index in [9.17, 15) is 4.79 Å². The van der Waals surface area contributed by atoms with E-state index >= 15 is 0 Å². The second-order valence-corrected chi connectivity index (χ2v) is 6.63. The van der Waals surface area contributed by atoms with Gasteiger partial charge in [0.1, 0.15) is 5.78 Å². The Hall–Kier alpha value is -1.68. The molecule has 4 nitrogen and oxygen atoms in total. The number of nitrogens with zero attached hydrogens (tertiary/aromatic N) is 2. The molecule has 23 heavy (non-hydrogen) atoms. The molecule has 2 heterocycles. The van der Waals surface area contributed by atoms with Crippen molar-refractivity contribution in [2.24, 2.45) is 0 Å². The molecule has 1 aliphatic heterocycles. The normalized spacial score (nSPS) is 21.8. The molecule has 0 aromatic carbocycles. The van der Waals surface area contributed by atoms with Gasteiger partial charge in [-0.15, -0.1) is 0 Å². The summed E-state index contributed by atoms with van der Waals surface area (Å²) in [7, 11) is 0. The van der Waals surface area contributed by atoms with Crippen molar-refractivity contribution in [1.82, 2.24) is 10.3 Å². The van der Waals surface area contributed by atoms with Gasteiger partial charge in [-0.25, -0.2) is 0 Å². The lowest BCUT2D eigenvalue weighted by molar-refractivity contribution is -0.116. The molecule has 0 saturated carbocycles. The van der Waals surface area contributed by atoms with E-state index in [4.69, 9.17) is 0 Å². The summed E-state index contributed by atoms with van der Waals surface area (Å²) in [6.45, 7) is 10.3. The van der Waals surface area contributed by atoms with Gasteiger partial charge in [-0.2, -0.15) is 0 Å². The number of aromatic nitrogens is 1. The third kappa shape index (κ3) is 4.90. The Bertz CT molecular complexity index is 558. The zero-order valence-electron chi connectivity index (χ0n) is 14.8. The van der Waals surface area contributed by atoms with Crippen molar-refractivity contribution >= 4 is 17.5 Å². The molecule has 1 fully saturated rings. The highest BCUT2D eigenvalue weighted by Crippen LogP contribution is 2.27. The van der Waals surface area contributed by atoms with E-state index in [0.29, 0.717) is 18.5 Å². The molecule has 0 radical (unpaired) electrons. The second-order valence-electron chi connectivity index (χ2n) is 6.63. The van der Waals surface area contributed by atoms with Gasteiger partial charge in [0.2, 0.25) is 0 Å². The van der Waals surface area contributed by atoms with E-state index in [1.54, 1.807) is 6.92 Å². The smallest absolute Gasteiger partial charge is 0.133 e. The number of rotatable bonds is 6. The van der Waals surface area contributed by atoms with E-state index in [-0.39, 0.29) is 5.78 Å². The Balaban J connectivity index is 2.31. The molecule has 0 aliphatic carbocycles. The quantitative estimate of drug-likeness (QED) is 0.875. The van der Waals surface area contributed by atoms with E-state index in [2.05, 4.69) is 42.0 Å². The zero-order valence-corrected chi connectivity index (χ0v) is 14.8. The van der Waals surface area contributed by atoms with E-state index < -0.39 is 0 Å². The molecule has 1 aromatic rings. The molecule has 0 amide bonds. The summed E-state index contributed by atoms with van der Waals surface area (Å²) in [6, 6.07) is 3.11. The minimum Gasteiger partial charge on any atom is -0.368 e. The van der Waals surface area contributed by atoms with Gasteiger partial charge >= 0.3 is 0 Å². The molecular formula is C19H29N3O. The van der Waals surface area contributed by atoms with Gasteiger partial charge in [0, 0.05) is 49.0 Å². The van der Waals surface area contributed by atoms with Crippen molar-refractivity contribution in [2.75, 3.05) is 18.0 Å². The minimum atomic E-state index is 0.180. The number of nitrogens with one attached hydrogen (secondary N) is 1. The van der Waals surface area contributed by atoms with Crippen LogP contribution in [0.2, 0.25) is 0 Å². The fourth-order valence-electron chi connectivity index (χ4n) is 3.30. The summed E-state index contributed by atoms with van der Waals surface area (Å²) < 4.78 is 0. The van der Waals surface area contributed by atoms with E-state index in [0.717, 1.165) is 31.6 Å². The number of piperazine rings is 1. The van der Waals surface area contributed by atoms with Crippen LogP contribution in [-0.2, 0) is 11.2 Å². The number of ketones is 1. The van der Waals surface area contributed by atoms with Crippen LogP contribution in [0.25, 0.3) is 6.08 Å². The first-order valence-corrected chi connectivity index (χ1v) is 8.66. The van der Waals surface area contributed by atoms with Crippen LogP contribution in [0.3, 0.4) is 0 Å². The Morgan fingerprint density at radius 2 is 2.09 bits per heavy atom. The number of anilines is 1. The van der Waals surface area contributed by atoms with Crippen LogP contribution >= 0.6 is 0 Å². The molecular weight excluding hydrogens is 286 g/mol. The first-order valence-electron chi connectivity index (χ1n) is 8.66. The Morgan fingerprint density at radius 3 is 2.70 bits per heavy atom. The molecule has 126 valence electrons. The highest BCUT2D eigenvalue weighted by Gasteiger charge is 2.23. The van der Waals surface area contributed by atoms with Crippen molar-refractivity contribution in [3.05, 3.63) is 29.6 Å². The fourth-order valence-corrected chi connectivity index (χ4v) is 3.30. The second kappa shape index (κ2) is 8.25. The van der Waals surface area contributed by atoms with Gasteiger partial charge < -0.3 is 10.2 Å². The summed E-state index contributed by atoms with van der Waals surface area (Å²) in [5.41, 5.74) is 3.60. The maximum atomic E-state index is 11.1. The molecule has 1 aliphatic rings. The number of Topliss-reactive ketones (excluding diaryl/α,β-unsaturated/α-hetero) is 1. The van der Waals surface area contributed by atoms with Gasteiger partial charge in [0.15, 0.2) is 0 Å². The lowest BCUT2D eigenvalue weighted by atomic mass is 10.0. The lowest BCUT2D eigenvalue weighted by Crippen LogP contribution is -2.54. The van der Waals surface area contributed by atoms with Gasteiger partial charge in [-0.3, -0.25) is 9.78 Å². The zero-order chi connectivity index (χ0) is 16.8. The maximum Gasteiger partial charge on any atom is 0.133 e. The first kappa shape index (κ1) is 17.7. The minimum absolute atomic E-state index is 0.180. The third-order valence-corrected chi connectivity index (χ3v) is 4.14. The van der Waals surface area contributed by atoms with Crippen molar-refractivity contribution in [1.29, 1.82) is 0 Å². The highest BCUT2D eigenvalue weighted by atomic mass is 16.1. The van der Waals surface area contributed by atoms with Crippen LogP contribution in [0.1, 0.15) is 51.8 Å². The Kier molecular flexibility index (Phi) is 6.34. The number of pyridine rings is 1. The number of hydrogen-bond acceptors (Lipinski definition) is 4. The monoisotopic (exact) mass is 315 g/mol. The summed E-state index contributed by atoms with van der Waals surface area (Å²) in [6.07, 6.45) is 8.39. The molecule has 0 spiro atoms. The van der Waals surface area contributed by atoms with Crippen molar-refractivity contribution in [3.8, 4) is 0 Å². The molecule has 0 unspecified atom stereocenters. The summed E-state index contributed by atoms with van der Waals surface area (Å²) in [4.78, 5) is 18.2. The topological polar surface area (TPSA) is 45.2 Å². The van der Waals surface area contributed by atoms with Crippen LogP contribution in [0, 0.1) is 0 Å². The van der Waals surface area contributed by atoms with E-state index in [1.165, 1.54) is 11.3 Å². The molecule has 2 rings (SSSR count). The summed E-state index contributed by atoms with van der Waals surface area (Å²) in [5.74, 6) is 0.180. The average Bonchev–Trinajstić information content (AvgIpc) is 2.47. The van der Waals surface area contributed by atoms with Crippen molar-refractivity contribution in [3.63, 3.8) is 0 Å². The molecule has 4 heteroatoms. The Labute approximate surface area is 140 Å². The first-order chi connectivity index (χ1) is 11.0. The fraction of sp³-hybridized carbons (Fsp3) is 0.579. The van der Waals surface area contributed by atoms with Gasteiger partial charge in [-0.05, 0) is 39.3 Å². The van der Waals surface area contributed by atoms with E-state index in [1.807, 2.05) is 18.3 Å².